The SMILES string of the molecule is C=C(Br)CNC(=O)c1ccc(CSC(F)F)o1. The molecule has 17 heavy (non-hydrogen) atoms. The van der Waals surface area contributed by atoms with Crippen molar-refractivity contribution in [2.45, 2.75) is 11.5 Å². The van der Waals surface area contributed by atoms with Crippen LogP contribution in [-0.2, 0) is 5.75 Å². The first-order valence-corrected chi connectivity index (χ1v) is 6.43. The van der Waals surface area contributed by atoms with E-state index >= 15 is 0 Å². The summed E-state index contributed by atoms with van der Waals surface area (Å²) < 4.78 is 29.6. The van der Waals surface area contributed by atoms with Crippen LogP contribution in [-0.4, -0.2) is 18.2 Å². The minimum absolute atomic E-state index is 0.0378. The Labute approximate surface area is 110 Å². The highest BCUT2D eigenvalue weighted by Gasteiger charge is 2.12. The summed E-state index contributed by atoms with van der Waals surface area (Å²) in [4.78, 5) is 11.5. The van der Waals surface area contributed by atoms with Gasteiger partial charge in [0, 0.05) is 11.0 Å². The highest BCUT2D eigenvalue weighted by atomic mass is 79.9. The first-order chi connectivity index (χ1) is 7.99. The van der Waals surface area contributed by atoms with Gasteiger partial charge in [-0.2, -0.15) is 8.78 Å². The summed E-state index contributed by atoms with van der Waals surface area (Å²) in [6, 6.07) is 2.96. The Bertz CT molecular complexity index is 409. The maximum Gasteiger partial charge on any atom is 0.287 e. The van der Waals surface area contributed by atoms with Crippen LogP contribution in [0.5, 0.6) is 0 Å². The third-order valence-corrected chi connectivity index (χ3v) is 2.66. The third-order valence-electron chi connectivity index (χ3n) is 1.68. The van der Waals surface area contributed by atoms with Crippen LogP contribution in [0, 0.1) is 0 Å². The second-order valence-corrected chi connectivity index (χ2v) is 5.14. The van der Waals surface area contributed by atoms with E-state index in [0.29, 0.717) is 22.0 Å². The van der Waals surface area contributed by atoms with Crippen LogP contribution in [0.25, 0.3) is 0 Å². The zero-order chi connectivity index (χ0) is 12.8. The largest absolute Gasteiger partial charge is 0.455 e. The molecular formula is C10H10BrF2NO2S. The van der Waals surface area contributed by atoms with Gasteiger partial charge in [0.2, 0.25) is 0 Å². The number of nitrogens with one attached hydrogen (secondary N) is 1. The molecule has 1 aromatic heterocycles. The summed E-state index contributed by atoms with van der Waals surface area (Å²) in [6.07, 6.45) is 0. The van der Waals surface area contributed by atoms with Gasteiger partial charge in [0.15, 0.2) is 5.76 Å². The molecule has 0 aliphatic carbocycles. The van der Waals surface area contributed by atoms with Gasteiger partial charge < -0.3 is 9.73 Å². The normalized spacial score (nSPS) is 10.6. The Kier molecular flexibility index (Phi) is 5.70. The molecule has 1 heterocycles. The van der Waals surface area contributed by atoms with Crippen LogP contribution < -0.4 is 5.32 Å². The average Bonchev–Trinajstić information content (AvgIpc) is 2.71. The second-order valence-electron chi connectivity index (χ2n) is 3.04. The van der Waals surface area contributed by atoms with E-state index in [4.69, 9.17) is 4.42 Å². The smallest absolute Gasteiger partial charge is 0.287 e. The minimum Gasteiger partial charge on any atom is -0.455 e. The molecule has 0 aliphatic heterocycles. The van der Waals surface area contributed by atoms with E-state index < -0.39 is 11.7 Å². The van der Waals surface area contributed by atoms with Crippen molar-refractivity contribution in [3.05, 3.63) is 34.7 Å². The lowest BCUT2D eigenvalue weighted by molar-refractivity contribution is 0.0929. The number of alkyl halides is 2. The number of furan rings is 1. The average molecular weight is 326 g/mol. The number of hydrogen-bond acceptors (Lipinski definition) is 3. The summed E-state index contributed by atoms with van der Waals surface area (Å²) in [7, 11) is 0. The summed E-state index contributed by atoms with van der Waals surface area (Å²) in [5.41, 5.74) is 0. The van der Waals surface area contributed by atoms with Gasteiger partial charge in [0.1, 0.15) is 5.76 Å². The Morgan fingerprint density at radius 2 is 2.29 bits per heavy atom. The Morgan fingerprint density at radius 1 is 1.59 bits per heavy atom. The molecule has 94 valence electrons. The molecule has 0 aromatic carbocycles. The number of rotatable bonds is 6. The second kappa shape index (κ2) is 6.80. The molecule has 0 aliphatic rings. The summed E-state index contributed by atoms with van der Waals surface area (Å²) in [6.45, 7) is 3.84. The van der Waals surface area contributed by atoms with Crippen molar-refractivity contribution in [2.75, 3.05) is 6.54 Å². The molecule has 1 amide bonds. The number of amides is 1. The Hall–Kier alpha value is -0.820. The number of halogens is 3. The van der Waals surface area contributed by atoms with Crippen LogP contribution in [0.15, 0.2) is 27.6 Å². The van der Waals surface area contributed by atoms with E-state index in [1.165, 1.54) is 12.1 Å². The fourth-order valence-corrected chi connectivity index (χ4v) is 1.57. The fourth-order valence-electron chi connectivity index (χ4n) is 0.986. The van der Waals surface area contributed by atoms with Gasteiger partial charge >= 0.3 is 0 Å². The molecule has 0 unspecified atom stereocenters. The lowest BCUT2D eigenvalue weighted by Crippen LogP contribution is -2.23. The molecule has 0 bridgehead atoms. The van der Waals surface area contributed by atoms with Crippen molar-refractivity contribution in [1.82, 2.24) is 5.32 Å². The van der Waals surface area contributed by atoms with Crippen LogP contribution in [0.2, 0.25) is 0 Å². The van der Waals surface area contributed by atoms with Gasteiger partial charge in [0.05, 0.1) is 5.75 Å². The molecule has 0 saturated heterocycles. The molecule has 1 aromatic rings. The minimum atomic E-state index is -2.45. The van der Waals surface area contributed by atoms with Gasteiger partial charge in [-0.3, -0.25) is 4.79 Å². The quantitative estimate of drug-likeness (QED) is 0.871. The lowest BCUT2D eigenvalue weighted by Gasteiger charge is -2.00. The number of carbonyl (C=O) groups is 1. The van der Waals surface area contributed by atoms with E-state index in [-0.39, 0.29) is 18.1 Å². The Morgan fingerprint density at radius 3 is 2.88 bits per heavy atom. The lowest BCUT2D eigenvalue weighted by atomic mass is 10.4. The summed E-state index contributed by atoms with van der Waals surface area (Å²) >= 11 is 3.54. The first kappa shape index (κ1) is 14.2. The predicted molar refractivity (Wildman–Crippen MR) is 66.4 cm³/mol. The topological polar surface area (TPSA) is 42.2 Å². The van der Waals surface area contributed by atoms with E-state index in [2.05, 4.69) is 27.8 Å². The first-order valence-electron chi connectivity index (χ1n) is 4.59. The molecular weight excluding hydrogens is 316 g/mol. The van der Waals surface area contributed by atoms with Crippen LogP contribution >= 0.6 is 27.7 Å². The number of hydrogen-bond donors (Lipinski definition) is 1. The summed E-state index contributed by atoms with van der Waals surface area (Å²) in [5, 5.41) is 2.54. The van der Waals surface area contributed by atoms with Crippen molar-refractivity contribution in [3.63, 3.8) is 0 Å². The molecule has 7 heteroatoms. The standard InChI is InChI=1S/C10H10BrF2NO2S/c1-6(11)4-14-9(15)8-3-2-7(16-8)5-17-10(12)13/h2-3,10H,1,4-5H2,(H,14,15). The van der Waals surface area contributed by atoms with Crippen molar-refractivity contribution < 1.29 is 18.0 Å². The van der Waals surface area contributed by atoms with E-state index in [0.717, 1.165) is 0 Å². The van der Waals surface area contributed by atoms with E-state index in [9.17, 15) is 13.6 Å². The molecule has 1 rings (SSSR count). The van der Waals surface area contributed by atoms with Gasteiger partial charge in [0.25, 0.3) is 11.7 Å². The zero-order valence-corrected chi connectivity index (χ0v) is 11.1. The molecule has 1 N–H and O–H groups in total. The maximum absolute atomic E-state index is 11.9. The third kappa shape index (κ3) is 5.36. The maximum atomic E-state index is 11.9. The number of thioether (sulfide) groups is 1. The van der Waals surface area contributed by atoms with Crippen molar-refractivity contribution >= 4 is 33.6 Å². The van der Waals surface area contributed by atoms with Crippen molar-refractivity contribution in [2.24, 2.45) is 0 Å². The van der Waals surface area contributed by atoms with Gasteiger partial charge in [-0.1, -0.05) is 34.3 Å². The Balaban J connectivity index is 2.49. The summed E-state index contributed by atoms with van der Waals surface area (Å²) in [5.74, 6) is -2.37. The molecule has 0 spiro atoms. The van der Waals surface area contributed by atoms with E-state index in [1.54, 1.807) is 0 Å². The van der Waals surface area contributed by atoms with Gasteiger partial charge in [-0.25, -0.2) is 0 Å². The van der Waals surface area contributed by atoms with Crippen LogP contribution in [0.3, 0.4) is 0 Å². The monoisotopic (exact) mass is 325 g/mol. The molecule has 0 fully saturated rings. The van der Waals surface area contributed by atoms with Gasteiger partial charge in [-0.05, 0) is 12.1 Å². The van der Waals surface area contributed by atoms with Crippen LogP contribution in [0.4, 0.5) is 8.78 Å². The van der Waals surface area contributed by atoms with E-state index in [1.807, 2.05) is 0 Å². The van der Waals surface area contributed by atoms with Crippen molar-refractivity contribution in [1.29, 1.82) is 0 Å². The highest BCUT2D eigenvalue weighted by molar-refractivity contribution is 9.11. The highest BCUT2D eigenvalue weighted by Crippen LogP contribution is 2.21. The predicted octanol–water partition coefficient (Wildman–Crippen LogP) is 3.37. The van der Waals surface area contributed by atoms with Gasteiger partial charge in [-0.15, -0.1) is 0 Å². The molecule has 0 atom stereocenters. The zero-order valence-electron chi connectivity index (χ0n) is 8.71. The number of carbonyl (C=O) groups excluding carboxylic acids is 1. The molecule has 0 radical (unpaired) electrons. The fraction of sp³-hybridized carbons (Fsp3) is 0.300. The van der Waals surface area contributed by atoms with Crippen LogP contribution in [0.1, 0.15) is 16.3 Å². The molecule has 3 nitrogen and oxygen atoms in total. The molecule has 0 saturated carbocycles. The van der Waals surface area contributed by atoms with Crippen molar-refractivity contribution in [3.8, 4) is 0 Å².